The average Bonchev–Trinajstić information content (AvgIpc) is 2.58. The van der Waals surface area contributed by atoms with E-state index in [0.29, 0.717) is 11.8 Å². The second kappa shape index (κ2) is 6.91. The predicted octanol–water partition coefficient (Wildman–Crippen LogP) is 4.63. The second-order valence-corrected chi connectivity index (χ2v) is 6.15. The van der Waals surface area contributed by atoms with Crippen molar-refractivity contribution in [1.29, 1.82) is 0 Å². The molecule has 1 aliphatic rings. The van der Waals surface area contributed by atoms with Gasteiger partial charge in [0.2, 0.25) is 0 Å². The monoisotopic (exact) mass is 259 g/mol. The molecule has 0 bridgehead atoms. The molecular formula is C18H29N. The number of rotatable bonds is 6. The maximum absolute atomic E-state index is 5.60. The molecule has 0 aromatic heterocycles. The highest BCUT2D eigenvalue weighted by Gasteiger charge is 2.25. The van der Waals surface area contributed by atoms with Crippen molar-refractivity contribution in [2.24, 2.45) is 23.0 Å². The van der Waals surface area contributed by atoms with Crippen LogP contribution in [0.2, 0.25) is 0 Å². The van der Waals surface area contributed by atoms with Crippen LogP contribution in [0.15, 0.2) is 48.1 Å². The Morgan fingerprint density at radius 1 is 1.32 bits per heavy atom. The predicted molar refractivity (Wildman–Crippen MR) is 85.9 cm³/mol. The molecule has 0 aromatic carbocycles. The normalized spacial score (nSPS) is 24.2. The van der Waals surface area contributed by atoms with Crippen molar-refractivity contribution in [2.45, 2.75) is 40.5 Å². The highest BCUT2D eigenvalue weighted by Crippen LogP contribution is 2.37. The quantitative estimate of drug-likeness (QED) is 0.691. The summed E-state index contributed by atoms with van der Waals surface area (Å²) in [5.74, 6) is 1.06. The molecule has 0 heterocycles. The molecule has 106 valence electrons. The second-order valence-electron chi connectivity index (χ2n) is 6.15. The van der Waals surface area contributed by atoms with E-state index in [-0.39, 0.29) is 5.41 Å². The first-order chi connectivity index (χ1) is 8.90. The fraction of sp³-hybridized carbons (Fsp3) is 0.556. The summed E-state index contributed by atoms with van der Waals surface area (Å²) >= 11 is 0. The van der Waals surface area contributed by atoms with E-state index in [2.05, 4.69) is 64.7 Å². The van der Waals surface area contributed by atoms with Gasteiger partial charge >= 0.3 is 0 Å². The molecule has 1 aliphatic carbocycles. The Bertz CT molecular complexity index is 398. The van der Waals surface area contributed by atoms with Gasteiger partial charge in [-0.05, 0) is 43.7 Å². The van der Waals surface area contributed by atoms with E-state index < -0.39 is 0 Å². The van der Waals surface area contributed by atoms with Gasteiger partial charge < -0.3 is 5.73 Å². The lowest BCUT2D eigenvalue weighted by molar-refractivity contribution is 0.496. The highest BCUT2D eigenvalue weighted by atomic mass is 14.5. The summed E-state index contributed by atoms with van der Waals surface area (Å²) in [6, 6.07) is 0. The Morgan fingerprint density at radius 3 is 2.58 bits per heavy atom. The topological polar surface area (TPSA) is 26.0 Å². The van der Waals surface area contributed by atoms with Gasteiger partial charge in [-0.15, -0.1) is 0 Å². The molecular weight excluding hydrogens is 230 g/mol. The molecule has 0 saturated carbocycles. The van der Waals surface area contributed by atoms with Gasteiger partial charge in [-0.3, -0.25) is 0 Å². The first-order valence-electron chi connectivity index (χ1n) is 7.38. The van der Waals surface area contributed by atoms with Crippen LogP contribution < -0.4 is 5.73 Å². The third-order valence-corrected chi connectivity index (χ3v) is 4.15. The van der Waals surface area contributed by atoms with E-state index in [9.17, 15) is 0 Å². The molecule has 0 radical (unpaired) electrons. The van der Waals surface area contributed by atoms with Crippen molar-refractivity contribution in [3.63, 3.8) is 0 Å². The summed E-state index contributed by atoms with van der Waals surface area (Å²) in [6.07, 6.45) is 13.4. The van der Waals surface area contributed by atoms with Gasteiger partial charge in [-0.25, -0.2) is 0 Å². The Labute approximate surface area is 119 Å². The lowest BCUT2D eigenvalue weighted by Gasteiger charge is -2.29. The van der Waals surface area contributed by atoms with Crippen molar-refractivity contribution < 1.29 is 0 Å². The molecule has 0 saturated heterocycles. The van der Waals surface area contributed by atoms with Crippen LogP contribution in [0.3, 0.4) is 0 Å². The first kappa shape index (κ1) is 16.0. The molecule has 0 spiro atoms. The van der Waals surface area contributed by atoms with Gasteiger partial charge in [-0.2, -0.15) is 0 Å². The fourth-order valence-electron chi connectivity index (χ4n) is 2.47. The van der Waals surface area contributed by atoms with E-state index in [1.54, 1.807) is 0 Å². The Balaban J connectivity index is 2.83. The molecule has 1 nitrogen and oxygen atoms in total. The summed E-state index contributed by atoms with van der Waals surface area (Å²) in [6.45, 7) is 14.1. The van der Waals surface area contributed by atoms with Gasteiger partial charge in [0, 0.05) is 5.41 Å². The molecule has 19 heavy (non-hydrogen) atoms. The third-order valence-electron chi connectivity index (χ3n) is 4.15. The van der Waals surface area contributed by atoms with Crippen LogP contribution in [0.4, 0.5) is 0 Å². The van der Waals surface area contributed by atoms with E-state index in [1.165, 1.54) is 11.1 Å². The highest BCUT2D eigenvalue weighted by molar-refractivity contribution is 5.38. The zero-order valence-electron chi connectivity index (χ0n) is 12.9. The number of hydrogen-bond acceptors (Lipinski definition) is 1. The molecule has 1 rings (SSSR count). The van der Waals surface area contributed by atoms with Crippen LogP contribution in [0, 0.1) is 17.3 Å². The van der Waals surface area contributed by atoms with Crippen LogP contribution >= 0.6 is 0 Å². The zero-order valence-corrected chi connectivity index (χ0v) is 12.9. The van der Waals surface area contributed by atoms with Crippen molar-refractivity contribution in [1.82, 2.24) is 0 Å². The smallest absolute Gasteiger partial charge is 0.0249 e. The van der Waals surface area contributed by atoms with Crippen LogP contribution in [-0.2, 0) is 0 Å². The number of nitrogens with two attached hydrogens (primary N) is 1. The molecule has 2 atom stereocenters. The van der Waals surface area contributed by atoms with Crippen LogP contribution in [0.25, 0.3) is 0 Å². The third kappa shape index (κ3) is 4.21. The lowest BCUT2D eigenvalue weighted by atomic mass is 9.75. The molecule has 2 N–H and O–H groups in total. The summed E-state index contributed by atoms with van der Waals surface area (Å²) in [5.41, 5.74) is 8.22. The van der Waals surface area contributed by atoms with E-state index in [0.717, 1.165) is 19.4 Å². The minimum Gasteiger partial charge on any atom is -0.330 e. The minimum absolute atomic E-state index is 0.0405. The van der Waals surface area contributed by atoms with Crippen molar-refractivity contribution >= 4 is 0 Å². The minimum atomic E-state index is -0.0405. The molecule has 0 amide bonds. The molecule has 0 fully saturated rings. The molecule has 0 aromatic rings. The Morgan fingerprint density at radius 2 is 2.00 bits per heavy atom. The zero-order chi connectivity index (χ0) is 14.5. The van der Waals surface area contributed by atoms with Crippen LogP contribution in [0.1, 0.15) is 40.5 Å². The van der Waals surface area contributed by atoms with Crippen molar-refractivity contribution in [3.8, 4) is 0 Å². The summed E-state index contributed by atoms with van der Waals surface area (Å²) in [4.78, 5) is 0. The van der Waals surface area contributed by atoms with Crippen molar-refractivity contribution in [2.75, 3.05) is 6.54 Å². The van der Waals surface area contributed by atoms with Crippen LogP contribution in [-0.4, -0.2) is 6.54 Å². The summed E-state index contributed by atoms with van der Waals surface area (Å²) < 4.78 is 0. The summed E-state index contributed by atoms with van der Waals surface area (Å²) in [5, 5.41) is 0. The van der Waals surface area contributed by atoms with Crippen LogP contribution in [0.5, 0.6) is 0 Å². The number of allylic oxidation sites excluding steroid dienone is 7. The molecule has 1 heteroatoms. The van der Waals surface area contributed by atoms with Crippen molar-refractivity contribution in [3.05, 3.63) is 48.1 Å². The molecule has 0 aliphatic heterocycles. The van der Waals surface area contributed by atoms with Gasteiger partial charge in [0.05, 0.1) is 0 Å². The maximum atomic E-state index is 5.60. The van der Waals surface area contributed by atoms with E-state index >= 15 is 0 Å². The Hall–Kier alpha value is -1.08. The van der Waals surface area contributed by atoms with Gasteiger partial charge in [0.15, 0.2) is 0 Å². The Kier molecular flexibility index (Phi) is 5.81. The largest absolute Gasteiger partial charge is 0.330 e. The maximum Gasteiger partial charge on any atom is 0.0249 e. The molecule has 2 unspecified atom stereocenters. The average molecular weight is 259 g/mol. The summed E-state index contributed by atoms with van der Waals surface area (Å²) in [7, 11) is 0. The lowest BCUT2D eigenvalue weighted by Crippen LogP contribution is -2.18. The van der Waals surface area contributed by atoms with Gasteiger partial charge in [-0.1, -0.05) is 63.3 Å². The van der Waals surface area contributed by atoms with Gasteiger partial charge in [0.25, 0.3) is 0 Å². The fourth-order valence-corrected chi connectivity index (χ4v) is 2.47. The first-order valence-corrected chi connectivity index (χ1v) is 7.38. The number of hydrogen-bond donors (Lipinski definition) is 1. The van der Waals surface area contributed by atoms with E-state index in [1.807, 2.05) is 0 Å². The van der Waals surface area contributed by atoms with E-state index in [4.69, 9.17) is 5.73 Å². The SMILES string of the molecule is C=C(C(C)CCCN)C1(C)C=CC=C(C(C)C)C=C1. The van der Waals surface area contributed by atoms with Gasteiger partial charge in [0.1, 0.15) is 0 Å². The standard InChI is InChI=1S/C18H29N/c1-14(2)17-9-6-11-18(5,12-10-17)16(4)15(3)8-7-13-19/h6,9-12,14-15H,4,7-8,13,19H2,1-3,5H3.